The Bertz CT molecular complexity index is 564. The second-order valence-corrected chi connectivity index (χ2v) is 5.45. The van der Waals surface area contributed by atoms with Gasteiger partial charge in [0.05, 0.1) is 5.56 Å². The first-order valence-corrected chi connectivity index (χ1v) is 5.55. The lowest BCUT2D eigenvalue weighted by molar-refractivity contribution is 0.0696. The van der Waals surface area contributed by atoms with Crippen LogP contribution in [0.1, 0.15) is 31.1 Å². The largest absolute Gasteiger partial charge is 0.478 e. The van der Waals surface area contributed by atoms with Gasteiger partial charge in [0.1, 0.15) is 5.65 Å². The second-order valence-electron chi connectivity index (χ2n) is 5.45. The Labute approximate surface area is 99.9 Å². The maximum atomic E-state index is 10.8. The van der Waals surface area contributed by atoms with Gasteiger partial charge in [0, 0.05) is 24.3 Å². The lowest BCUT2D eigenvalue weighted by Crippen LogP contribution is -2.15. The molecule has 17 heavy (non-hydrogen) atoms. The molecule has 0 aliphatic heterocycles. The van der Waals surface area contributed by atoms with Crippen LogP contribution in [0.3, 0.4) is 0 Å². The predicted molar refractivity (Wildman–Crippen MR) is 66.1 cm³/mol. The molecule has 2 rings (SSSR count). The number of carboxylic acids is 1. The van der Waals surface area contributed by atoms with Gasteiger partial charge in [0.25, 0.3) is 0 Å². The Morgan fingerprint density at radius 2 is 2.18 bits per heavy atom. The summed E-state index contributed by atoms with van der Waals surface area (Å²) in [6.07, 6.45) is 3.36. The van der Waals surface area contributed by atoms with E-state index >= 15 is 0 Å². The molecule has 0 amide bonds. The molecule has 90 valence electrons. The number of carbonyl (C=O) groups is 1. The average molecular weight is 232 g/mol. The first kappa shape index (κ1) is 11.6. The number of nitrogens with zero attached hydrogens (tertiary/aromatic N) is 2. The molecule has 2 aromatic rings. The van der Waals surface area contributed by atoms with Crippen molar-refractivity contribution in [3.05, 3.63) is 30.1 Å². The van der Waals surface area contributed by atoms with Gasteiger partial charge < -0.3 is 9.67 Å². The van der Waals surface area contributed by atoms with Crippen molar-refractivity contribution in [2.45, 2.75) is 27.3 Å². The molecule has 1 N–H and O–H groups in total. The van der Waals surface area contributed by atoms with E-state index in [0.717, 1.165) is 17.6 Å². The topological polar surface area (TPSA) is 55.1 Å². The SMILES string of the molecule is CC(C)(C)Cn1ccc2cc(C(=O)O)cnc21. The molecule has 0 spiro atoms. The third kappa shape index (κ3) is 2.46. The minimum Gasteiger partial charge on any atom is -0.478 e. The highest BCUT2D eigenvalue weighted by molar-refractivity contribution is 5.91. The van der Waals surface area contributed by atoms with E-state index < -0.39 is 5.97 Å². The molecule has 2 aromatic heterocycles. The molecule has 0 radical (unpaired) electrons. The Hall–Kier alpha value is -1.84. The average Bonchev–Trinajstić information content (AvgIpc) is 2.58. The van der Waals surface area contributed by atoms with Crippen molar-refractivity contribution in [1.29, 1.82) is 0 Å². The van der Waals surface area contributed by atoms with Crippen LogP contribution in [0.15, 0.2) is 24.5 Å². The highest BCUT2D eigenvalue weighted by Gasteiger charge is 2.14. The van der Waals surface area contributed by atoms with Crippen molar-refractivity contribution in [3.63, 3.8) is 0 Å². The van der Waals surface area contributed by atoms with Gasteiger partial charge in [-0.1, -0.05) is 20.8 Å². The molecule has 0 saturated carbocycles. The number of hydrogen-bond donors (Lipinski definition) is 1. The van der Waals surface area contributed by atoms with Gasteiger partial charge in [0.15, 0.2) is 0 Å². The molecule has 0 fully saturated rings. The summed E-state index contributed by atoms with van der Waals surface area (Å²) in [7, 11) is 0. The van der Waals surface area contributed by atoms with Gasteiger partial charge in [0.2, 0.25) is 0 Å². The van der Waals surface area contributed by atoms with Gasteiger partial charge in [-0.2, -0.15) is 0 Å². The van der Waals surface area contributed by atoms with Crippen molar-refractivity contribution < 1.29 is 9.90 Å². The fourth-order valence-corrected chi connectivity index (χ4v) is 1.83. The number of aromatic nitrogens is 2. The quantitative estimate of drug-likeness (QED) is 0.866. The number of aromatic carboxylic acids is 1. The Morgan fingerprint density at radius 1 is 1.47 bits per heavy atom. The Morgan fingerprint density at radius 3 is 2.76 bits per heavy atom. The molecule has 0 aromatic carbocycles. The molecule has 0 unspecified atom stereocenters. The molecular weight excluding hydrogens is 216 g/mol. The molecule has 0 bridgehead atoms. The number of carboxylic acid groups (broad SMARTS) is 1. The summed E-state index contributed by atoms with van der Waals surface area (Å²) in [5.74, 6) is -0.942. The molecule has 0 saturated heterocycles. The summed E-state index contributed by atoms with van der Waals surface area (Å²) in [5.41, 5.74) is 1.23. The number of rotatable bonds is 2. The first-order chi connectivity index (χ1) is 7.87. The molecule has 0 aliphatic rings. The van der Waals surface area contributed by atoms with Crippen molar-refractivity contribution in [3.8, 4) is 0 Å². The van der Waals surface area contributed by atoms with Crippen molar-refractivity contribution in [1.82, 2.24) is 9.55 Å². The van der Waals surface area contributed by atoms with E-state index in [1.54, 1.807) is 6.07 Å². The van der Waals surface area contributed by atoms with Crippen LogP contribution in [0.2, 0.25) is 0 Å². The van der Waals surface area contributed by atoms with Crippen LogP contribution in [0.25, 0.3) is 11.0 Å². The lowest BCUT2D eigenvalue weighted by Gasteiger charge is -2.19. The van der Waals surface area contributed by atoms with E-state index in [1.807, 2.05) is 12.3 Å². The Balaban J connectivity index is 2.45. The van der Waals surface area contributed by atoms with Gasteiger partial charge >= 0.3 is 5.97 Å². The highest BCUT2D eigenvalue weighted by atomic mass is 16.4. The number of fused-ring (bicyclic) bond motifs is 1. The molecular formula is C13H16N2O2. The van der Waals surface area contributed by atoms with Crippen LogP contribution >= 0.6 is 0 Å². The minimum atomic E-state index is -0.942. The zero-order valence-electron chi connectivity index (χ0n) is 10.3. The maximum Gasteiger partial charge on any atom is 0.337 e. The molecule has 4 nitrogen and oxygen atoms in total. The van der Waals surface area contributed by atoms with E-state index in [2.05, 4.69) is 30.3 Å². The first-order valence-electron chi connectivity index (χ1n) is 5.55. The van der Waals surface area contributed by atoms with E-state index in [4.69, 9.17) is 5.11 Å². The van der Waals surface area contributed by atoms with Crippen LogP contribution < -0.4 is 0 Å². The summed E-state index contributed by atoms with van der Waals surface area (Å²) >= 11 is 0. The highest BCUT2D eigenvalue weighted by Crippen LogP contribution is 2.21. The van der Waals surface area contributed by atoms with Gasteiger partial charge in [-0.25, -0.2) is 9.78 Å². The smallest absolute Gasteiger partial charge is 0.337 e. The molecule has 0 atom stereocenters. The monoisotopic (exact) mass is 232 g/mol. The molecule has 0 aliphatic carbocycles. The minimum absolute atomic E-state index is 0.166. The number of hydrogen-bond acceptors (Lipinski definition) is 2. The third-order valence-corrected chi connectivity index (χ3v) is 2.49. The van der Waals surface area contributed by atoms with Gasteiger partial charge in [-0.3, -0.25) is 0 Å². The fourth-order valence-electron chi connectivity index (χ4n) is 1.83. The van der Waals surface area contributed by atoms with E-state index in [1.165, 1.54) is 6.20 Å². The Kier molecular flexibility index (Phi) is 2.65. The summed E-state index contributed by atoms with van der Waals surface area (Å²) < 4.78 is 2.06. The van der Waals surface area contributed by atoms with Crippen LogP contribution in [-0.2, 0) is 6.54 Å². The summed E-state index contributed by atoms with van der Waals surface area (Å²) in [5, 5.41) is 9.76. The predicted octanol–water partition coefficient (Wildman–Crippen LogP) is 2.78. The van der Waals surface area contributed by atoms with Crippen molar-refractivity contribution in [2.75, 3.05) is 0 Å². The standard InChI is InChI=1S/C13H16N2O2/c1-13(2,3)8-15-5-4-9-6-10(12(16)17)7-14-11(9)15/h4-7H,8H2,1-3H3,(H,16,17). The summed E-state index contributed by atoms with van der Waals surface area (Å²) in [6, 6.07) is 3.56. The van der Waals surface area contributed by atoms with Crippen LogP contribution in [0.5, 0.6) is 0 Å². The molecule has 4 heteroatoms. The third-order valence-electron chi connectivity index (χ3n) is 2.49. The van der Waals surface area contributed by atoms with E-state index in [0.29, 0.717) is 0 Å². The normalized spacial score (nSPS) is 11.9. The summed E-state index contributed by atoms with van der Waals surface area (Å²) in [4.78, 5) is 15.1. The van der Waals surface area contributed by atoms with Gasteiger partial charge in [-0.15, -0.1) is 0 Å². The van der Waals surface area contributed by atoms with Crippen LogP contribution in [-0.4, -0.2) is 20.6 Å². The summed E-state index contributed by atoms with van der Waals surface area (Å²) in [6.45, 7) is 7.33. The zero-order chi connectivity index (χ0) is 12.6. The van der Waals surface area contributed by atoms with Crippen LogP contribution in [0, 0.1) is 5.41 Å². The van der Waals surface area contributed by atoms with E-state index in [-0.39, 0.29) is 11.0 Å². The molecule has 2 heterocycles. The van der Waals surface area contributed by atoms with Crippen molar-refractivity contribution >= 4 is 17.0 Å². The van der Waals surface area contributed by atoms with Crippen LogP contribution in [0.4, 0.5) is 0 Å². The van der Waals surface area contributed by atoms with E-state index in [9.17, 15) is 4.79 Å². The van der Waals surface area contributed by atoms with Crippen molar-refractivity contribution in [2.24, 2.45) is 5.41 Å². The maximum absolute atomic E-state index is 10.8. The second kappa shape index (κ2) is 3.87. The number of pyridine rings is 1. The lowest BCUT2D eigenvalue weighted by atomic mass is 9.97. The zero-order valence-corrected chi connectivity index (χ0v) is 10.3. The van der Waals surface area contributed by atoms with Gasteiger partial charge in [-0.05, 0) is 17.5 Å². The fraction of sp³-hybridized carbons (Fsp3) is 0.385.